The Hall–Kier alpha value is -1.85. The summed E-state index contributed by atoms with van der Waals surface area (Å²) in [6.45, 7) is 1.62. The van der Waals surface area contributed by atoms with Crippen LogP contribution < -0.4 is 0 Å². The van der Waals surface area contributed by atoms with E-state index in [9.17, 15) is 9.59 Å². The largest absolute Gasteiger partial charge is 0.464 e. The lowest BCUT2D eigenvalue weighted by molar-refractivity contribution is 0.0548. The van der Waals surface area contributed by atoms with Crippen LogP contribution in [0.5, 0.6) is 0 Å². The first-order valence-corrected chi connectivity index (χ1v) is 3.83. The second kappa shape index (κ2) is 3.91. The zero-order valence-electron chi connectivity index (χ0n) is 8.08. The van der Waals surface area contributed by atoms with Crippen LogP contribution in [0.25, 0.3) is 0 Å². The normalized spacial score (nSPS) is 9.64. The van der Waals surface area contributed by atoms with E-state index in [-0.39, 0.29) is 11.4 Å². The first-order valence-electron chi connectivity index (χ1n) is 3.83. The fourth-order valence-electron chi connectivity index (χ4n) is 0.986. The number of carbonyl (C=O) groups excluding carboxylic acids is 2. The van der Waals surface area contributed by atoms with Gasteiger partial charge < -0.3 is 14.5 Å². The van der Waals surface area contributed by atoms with E-state index in [2.05, 4.69) is 19.4 Å². The topological polar surface area (TPSA) is 81.3 Å². The maximum absolute atomic E-state index is 11.2. The van der Waals surface area contributed by atoms with Crippen molar-refractivity contribution in [2.24, 2.45) is 0 Å². The third-order valence-electron chi connectivity index (χ3n) is 1.59. The number of H-pyrrole nitrogens is 1. The average molecular weight is 198 g/mol. The Bertz CT molecular complexity index is 336. The molecule has 0 aromatic carbocycles. The molecule has 0 unspecified atom stereocenters. The third-order valence-corrected chi connectivity index (χ3v) is 1.59. The smallest absolute Gasteiger partial charge is 0.359 e. The minimum atomic E-state index is -0.672. The van der Waals surface area contributed by atoms with E-state index >= 15 is 0 Å². The lowest BCUT2D eigenvalue weighted by Crippen LogP contribution is -2.11. The number of aromatic nitrogens is 2. The summed E-state index contributed by atoms with van der Waals surface area (Å²) in [5.41, 5.74) is -0.0475. The Morgan fingerprint density at radius 1 is 1.21 bits per heavy atom. The maximum Gasteiger partial charge on any atom is 0.359 e. The SMILES string of the molecule is COC(=O)c1nc(C)[nH]c1C(=O)OC. The molecule has 6 heteroatoms. The van der Waals surface area contributed by atoms with Gasteiger partial charge in [0, 0.05) is 0 Å². The lowest BCUT2D eigenvalue weighted by atomic mass is 10.3. The summed E-state index contributed by atoms with van der Waals surface area (Å²) in [5.74, 6) is -0.869. The van der Waals surface area contributed by atoms with E-state index in [1.807, 2.05) is 0 Å². The molecule has 1 heterocycles. The Kier molecular flexibility index (Phi) is 2.85. The number of imidazole rings is 1. The molecule has 1 aromatic rings. The molecule has 0 aliphatic heterocycles. The van der Waals surface area contributed by atoms with Gasteiger partial charge >= 0.3 is 11.9 Å². The molecule has 0 radical (unpaired) electrons. The number of methoxy groups -OCH3 is 2. The van der Waals surface area contributed by atoms with Crippen molar-refractivity contribution in [3.8, 4) is 0 Å². The monoisotopic (exact) mass is 198 g/mol. The molecular weight excluding hydrogens is 188 g/mol. The standard InChI is InChI=1S/C8H10N2O4/c1-4-9-5(7(11)13-2)6(10-4)8(12)14-3/h1-3H3,(H,9,10). The van der Waals surface area contributed by atoms with Crippen molar-refractivity contribution in [1.29, 1.82) is 0 Å². The molecule has 1 N–H and O–H groups in total. The summed E-state index contributed by atoms with van der Waals surface area (Å²) >= 11 is 0. The number of esters is 2. The van der Waals surface area contributed by atoms with Gasteiger partial charge in [-0.25, -0.2) is 14.6 Å². The average Bonchev–Trinajstić information content (AvgIpc) is 2.58. The highest BCUT2D eigenvalue weighted by Crippen LogP contribution is 2.08. The quantitative estimate of drug-likeness (QED) is 0.691. The zero-order valence-corrected chi connectivity index (χ0v) is 8.08. The van der Waals surface area contributed by atoms with Gasteiger partial charge in [0.25, 0.3) is 0 Å². The molecular formula is C8H10N2O4. The van der Waals surface area contributed by atoms with E-state index in [0.29, 0.717) is 5.82 Å². The van der Waals surface area contributed by atoms with Crippen LogP contribution in [0.2, 0.25) is 0 Å². The molecule has 0 aliphatic rings. The molecule has 0 aliphatic carbocycles. The Balaban J connectivity index is 3.15. The molecule has 0 saturated heterocycles. The number of hydrogen-bond donors (Lipinski definition) is 1. The van der Waals surface area contributed by atoms with Crippen molar-refractivity contribution in [1.82, 2.24) is 9.97 Å². The summed E-state index contributed by atoms with van der Waals surface area (Å²) < 4.78 is 8.92. The molecule has 6 nitrogen and oxygen atoms in total. The second-order valence-electron chi connectivity index (χ2n) is 2.53. The van der Waals surface area contributed by atoms with Crippen LogP contribution in [0.3, 0.4) is 0 Å². The molecule has 1 rings (SSSR count). The second-order valence-corrected chi connectivity index (χ2v) is 2.53. The first-order chi connectivity index (χ1) is 6.60. The summed E-state index contributed by atoms with van der Waals surface area (Å²) in [6.07, 6.45) is 0. The number of aromatic amines is 1. The van der Waals surface area contributed by atoms with Crippen LogP contribution in [0, 0.1) is 6.92 Å². The van der Waals surface area contributed by atoms with Gasteiger partial charge in [0.15, 0.2) is 11.4 Å². The summed E-state index contributed by atoms with van der Waals surface area (Å²) in [5, 5.41) is 0. The van der Waals surface area contributed by atoms with Crippen molar-refractivity contribution >= 4 is 11.9 Å². The van der Waals surface area contributed by atoms with Crippen LogP contribution in [-0.4, -0.2) is 36.1 Å². The fourth-order valence-corrected chi connectivity index (χ4v) is 0.986. The van der Waals surface area contributed by atoms with Crippen LogP contribution in [-0.2, 0) is 9.47 Å². The van der Waals surface area contributed by atoms with Crippen molar-refractivity contribution in [2.45, 2.75) is 6.92 Å². The zero-order chi connectivity index (χ0) is 10.7. The number of nitrogens with one attached hydrogen (secondary N) is 1. The van der Waals surface area contributed by atoms with Crippen molar-refractivity contribution in [3.63, 3.8) is 0 Å². The summed E-state index contributed by atoms with van der Waals surface area (Å²) in [4.78, 5) is 28.8. The number of hydrogen-bond acceptors (Lipinski definition) is 5. The molecule has 14 heavy (non-hydrogen) atoms. The predicted molar refractivity (Wildman–Crippen MR) is 46.0 cm³/mol. The molecule has 1 aromatic heterocycles. The van der Waals surface area contributed by atoms with Crippen LogP contribution in [0.4, 0.5) is 0 Å². The molecule has 0 bridgehead atoms. The molecule has 0 fully saturated rings. The number of nitrogens with zero attached hydrogens (tertiary/aromatic N) is 1. The molecule has 0 amide bonds. The lowest BCUT2D eigenvalue weighted by Gasteiger charge is -1.97. The maximum atomic E-state index is 11.2. The molecule has 76 valence electrons. The van der Waals surface area contributed by atoms with Gasteiger partial charge in [-0.1, -0.05) is 0 Å². The van der Waals surface area contributed by atoms with Crippen molar-refractivity contribution in [2.75, 3.05) is 14.2 Å². The predicted octanol–water partition coefficient (Wildman–Crippen LogP) is 0.291. The van der Waals surface area contributed by atoms with Crippen LogP contribution in [0.1, 0.15) is 26.8 Å². The van der Waals surface area contributed by atoms with Gasteiger partial charge in [0.2, 0.25) is 0 Å². The van der Waals surface area contributed by atoms with Crippen LogP contribution >= 0.6 is 0 Å². The highest BCUT2D eigenvalue weighted by Gasteiger charge is 2.22. The van der Waals surface area contributed by atoms with E-state index in [1.54, 1.807) is 6.92 Å². The number of rotatable bonds is 2. The van der Waals surface area contributed by atoms with Gasteiger partial charge in [-0.2, -0.15) is 0 Å². The molecule has 0 atom stereocenters. The van der Waals surface area contributed by atoms with Gasteiger partial charge in [-0.05, 0) is 6.92 Å². The van der Waals surface area contributed by atoms with Crippen molar-refractivity contribution in [3.05, 3.63) is 17.2 Å². The van der Waals surface area contributed by atoms with Crippen LogP contribution in [0.15, 0.2) is 0 Å². The van der Waals surface area contributed by atoms with E-state index in [0.717, 1.165) is 0 Å². The van der Waals surface area contributed by atoms with Gasteiger partial charge in [0.05, 0.1) is 14.2 Å². The Morgan fingerprint density at radius 3 is 2.29 bits per heavy atom. The first kappa shape index (κ1) is 10.2. The number of aryl methyl sites for hydroxylation is 1. The Labute approximate surface area is 80.2 Å². The minimum Gasteiger partial charge on any atom is -0.464 e. The molecule has 0 saturated carbocycles. The van der Waals surface area contributed by atoms with Gasteiger partial charge in [0.1, 0.15) is 5.82 Å². The number of carbonyl (C=O) groups is 2. The highest BCUT2D eigenvalue weighted by molar-refractivity contribution is 6.00. The number of ether oxygens (including phenoxy) is 2. The fraction of sp³-hybridized carbons (Fsp3) is 0.375. The third kappa shape index (κ3) is 1.73. The summed E-state index contributed by atoms with van der Waals surface area (Å²) in [6, 6.07) is 0. The highest BCUT2D eigenvalue weighted by atomic mass is 16.5. The van der Waals surface area contributed by atoms with E-state index < -0.39 is 11.9 Å². The minimum absolute atomic E-state index is 0.0110. The molecule has 0 spiro atoms. The summed E-state index contributed by atoms with van der Waals surface area (Å²) in [7, 11) is 2.44. The van der Waals surface area contributed by atoms with Gasteiger partial charge in [-0.15, -0.1) is 0 Å². The van der Waals surface area contributed by atoms with Gasteiger partial charge in [-0.3, -0.25) is 0 Å². The van der Waals surface area contributed by atoms with E-state index in [4.69, 9.17) is 0 Å². The van der Waals surface area contributed by atoms with Crippen molar-refractivity contribution < 1.29 is 19.1 Å². The van der Waals surface area contributed by atoms with E-state index in [1.165, 1.54) is 14.2 Å². The Morgan fingerprint density at radius 2 is 1.79 bits per heavy atom.